The molecule has 0 atom stereocenters. The lowest BCUT2D eigenvalue weighted by Gasteiger charge is -1.98. The summed E-state index contributed by atoms with van der Waals surface area (Å²) in [5.41, 5.74) is 3.46. The molecule has 0 aliphatic heterocycles. The van der Waals surface area contributed by atoms with Gasteiger partial charge in [-0.05, 0) is 20.8 Å². The summed E-state index contributed by atoms with van der Waals surface area (Å²) < 4.78 is 31.0. The molecule has 3 rings (SSSR count). The van der Waals surface area contributed by atoms with E-state index in [-0.39, 0.29) is 10.8 Å². The number of nitrogens with zero attached hydrogens (tertiary/aromatic N) is 3. The van der Waals surface area contributed by atoms with Gasteiger partial charge in [-0.1, -0.05) is 35.0 Å². The summed E-state index contributed by atoms with van der Waals surface area (Å²) in [6.07, 6.45) is 0. The first kappa shape index (κ1) is 16.7. The molecule has 2 aromatic heterocycles. The predicted molar refractivity (Wildman–Crippen MR) is 91.4 cm³/mol. The van der Waals surface area contributed by atoms with Gasteiger partial charge in [0.05, 0.1) is 5.56 Å². The van der Waals surface area contributed by atoms with Crippen LogP contribution >= 0.6 is 10.7 Å². The average Bonchev–Trinajstić information content (AvgIpc) is 3.06. The lowest BCUT2D eigenvalue weighted by Crippen LogP contribution is -1.96. The molecule has 0 saturated heterocycles. The van der Waals surface area contributed by atoms with Crippen LogP contribution in [0.5, 0.6) is 0 Å². The monoisotopic (exact) mass is 365 g/mol. The van der Waals surface area contributed by atoms with E-state index in [2.05, 4.69) is 10.1 Å². The molecule has 0 saturated carbocycles. The van der Waals surface area contributed by atoms with E-state index in [0.29, 0.717) is 22.8 Å². The maximum absolute atomic E-state index is 12.0. The van der Waals surface area contributed by atoms with Gasteiger partial charge in [0.25, 0.3) is 14.9 Å². The first-order chi connectivity index (χ1) is 11.2. The van der Waals surface area contributed by atoms with Crippen molar-refractivity contribution in [2.24, 2.45) is 7.05 Å². The van der Waals surface area contributed by atoms with Gasteiger partial charge in [0.2, 0.25) is 5.82 Å². The average molecular weight is 366 g/mol. The second kappa shape index (κ2) is 5.75. The Hall–Kier alpha value is -2.12. The van der Waals surface area contributed by atoms with Gasteiger partial charge in [0.15, 0.2) is 0 Å². The molecule has 0 fully saturated rings. The molecule has 0 amide bonds. The summed E-state index contributed by atoms with van der Waals surface area (Å²) in [5, 5.41) is 3.96. The van der Waals surface area contributed by atoms with Crippen LogP contribution in [0.3, 0.4) is 0 Å². The number of aryl methyl sites for hydroxylation is 1. The van der Waals surface area contributed by atoms with Crippen LogP contribution in [0.4, 0.5) is 0 Å². The van der Waals surface area contributed by atoms with Gasteiger partial charge in [-0.15, -0.1) is 0 Å². The summed E-state index contributed by atoms with van der Waals surface area (Å²) in [6, 6.07) is 7.65. The molecule has 0 aliphatic rings. The molecule has 8 heteroatoms. The van der Waals surface area contributed by atoms with Crippen LogP contribution in [-0.4, -0.2) is 23.1 Å². The van der Waals surface area contributed by atoms with Crippen LogP contribution in [0.15, 0.2) is 33.7 Å². The van der Waals surface area contributed by atoms with Crippen molar-refractivity contribution in [3.8, 4) is 22.8 Å². The molecule has 0 unspecified atom stereocenters. The lowest BCUT2D eigenvalue weighted by atomic mass is 10.1. The van der Waals surface area contributed by atoms with E-state index in [4.69, 9.17) is 15.2 Å². The van der Waals surface area contributed by atoms with E-state index in [0.717, 1.165) is 11.1 Å². The van der Waals surface area contributed by atoms with E-state index in [1.54, 1.807) is 25.5 Å². The van der Waals surface area contributed by atoms with Crippen molar-refractivity contribution < 1.29 is 12.9 Å². The molecule has 6 nitrogen and oxygen atoms in total. The van der Waals surface area contributed by atoms with Crippen molar-refractivity contribution in [2.75, 3.05) is 0 Å². The van der Waals surface area contributed by atoms with E-state index in [9.17, 15) is 8.42 Å². The summed E-state index contributed by atoms with van der Waals surface area (Å²) in [5.74, 6) is 0.523. The van der Waals surface area contributed by atoms with Crippen molar-refractivity contribution >= 4 is 19.7 Å². The molecular formula is C16H16ClN3O3S. The summed E-state index contributed by atoms with van der Waals surface area (Å²) in [7, 11) is 3.42. The number of halogens is 1. The standard InChI is InChI=1S/C16H16ClN3O3S/c1-9-5-7-12(8-6-9)15-18-16(23-19-15)13-10(2)20(4)11(3)14(13)24(17,21)22/h5-8H,1-4H3. The van der Waals surface area contributed by atoms with Crippen molar-refractivity contribution in [3.63, 3.8) is 0 Å². The molecule has 0 radical (unpaired) electrons. The van der Waals surface area contributed by atoms with Crippen LogP contribution in [0.1, 0.15) is 17.0 Å². The van der Waals surface area contributed by atoms with Crippen LogP contribution in [-0.2, 0) is 16.1 Å². The minimum Gasteiger partial charge on any atom is -0.350 e. The normalized spacial score (nSPS) is 11.9. The van der Waals surface area contributed by atoms with E-state index in [1.807, 2.05) is 31.2 Å². The highest BCUT2D eigenvalue weighted by Crippen LogP contribution is 2.36. The Balaban J connectivity index is 2.18. The number of hydrogen-bond donors (Lipinski definition) is 0. The van der Waals surface area contributed by atoms with Gasteiger partial charge in [-0.25, -0.2) is 8.42 Å². The fourth-order valence-electron chi connectivity index (χ4n) is 2.61. The molecule has 0 bridgehead atoms. The third-order valence-corrected chi connectivity index (χ3v) is 5.57. The van der Waals surface area contributed by atoms with Crippen LogP contribution in [0.25, 0.3) is 22.8 Å². The molecule has 1 aromatic carbocycles. The Morgan fingerprint density at radius 3 is 2.29 bits per heavy atom. The quantitative estimate of drug-likeness (QED) is 0.663. The predicted octanol–water partition coefficient (Wildman–Crippen LogP) is 3.59. The molecule has 24 heavy (non-hydrogen) atoms. The highest BCUT2D eigenvalue weighted by atomic mass is 35.7. The second-order valence-corrected chi connectivity index (χ2v) is 8.16. The Morgan fingerprint density at radius 1 is 1.08 bits per heavy atom. The van der Waals surface area contributed by atoms with E-state index >= 15 is 0 Å². The molecule has 0 spiro atoms. The SMILES string of the molecule is Cc1ccc(-c2noc(-c3c(S(=O)(=O)Cl)c(C)n(C)c3C)n2)cc1. The molecular weight excluding hydrogens is 350 g/mol. The zero-order valence-electron chi connectivity index (χ0n) is 13.7. The second-order valence-electron chi connectivity index (χ2n) is 5.66. The highest BCUT2D eigenvalue weighted by Gasteiger charge is 2.29. The molecule has 3 aromatic rings. The van der Waals surface area contributed by atoms with Gasteiger partial charge in [0, 0.05) is 34.7 Å². The van der Waals surface area contributed by atoms with Crippen molar-refractivity contribution in [2.45, 2.75) is 25.7 Å². The van der Waals surface area contributed by atoms with Gasteiger partial charge in [-0.2, -0.15) is 4.98 Å². The van der Waals surface area contributed by atoms with Crippen molar-refractivity contribution in [1.29, 1.82) is 0 Å². The van der Waals surface area contributed by atoms with Gasteiger partial charge in [-0.3, -0.25) is 0 Å². The molecule has 0 N–H and O–H groups in total. The fraction of sp³-hybridized carbons (Fsp3) is 0.250. The minimum atomic E-state index is -3.95. The third kappa shape index (κ3) is 2.74. The van der Waals surface area contributed by atoms with Crippen LogP contribution in [0.2, 0.25) is 0 Å². The maximum Gasteiger partial charge on any atom is 0.263 e. The van der Waals surface area contributed by atoms with Gasteiger partial charge >= 0.3 is 0 Å². The topological polar surface area (TPSA) is 78.0 Å². The number of rotatable bonds is 3. The first-order valence-corrected chi connectivity index (χ1v) is 9.52. The molecule has 126 valence electrons. The highest BCUT2D eigenvalue weighted by molar-refractivity contribution is 8.13. The summed E-state index contributed by atoms with van der Waals surface area (Å²) in [6.45, 7) is 5.45. The zero-order valence-corrected chi connectivity index (χ0v) is 15.2. The van der Waals surface area contributed by atoms with Crippen LogP contribution in [0, 0.1) is 20.8 Å². The Bertz CT molecular complexity index is 1020. The number of hydrogen-bond acceptors (Lipinski definition) is 5. The summed E-state index contributed by atoms with van der Waals surface area (Å²) in [4.78, 5) is 4.36. The third-order valence-electron chi connectivity index (χ3n) is 4.12. The van der Waals surface area contributed by atoms with E-state index in [1.165, 1.54) is 0 Å². The van der Waals surface area contributed by atoms with Crippen molar-refractivity contribution in [3.05, 3.63) is 41.2 Å². The summed E-state index contributed by atoms with van der Waals surface area (Å²) >= 11 is 0. The maximum atomic E-state index is 12.0. The largest absolute Gasteiger partial charge is 0.350 e. The van der Waals surface area contributed by atoms with Gasteiger partial charge < -0.3 is 9.09 Å². The number of benzene rings is 1. The Morgan fingerprint density at radius 2 is 1.71 bits per heavy atom. The zero-order chi connectivity index (χ0) is 17.6. The van der Waals surface area contributed by atoms with Crippen molar-refractivity contribution in [1.82, 2.24) is 14.7 Å². The Kier molecular flexibility index (Phi) is 4.01. The smallest absolute Gasteiger partial charge is 0.263 e. The van der Waals surface area contributed by atoms with E-state index < -0.39 is 9.05 Å². The lowest BCUT2D eigenvalue weighted by molar-refractivity contribution is 0.431. The van der Waals surface area contributed by atoms with Gasteiger partial charge in [0.1, 0.15) is 4.90 Å². The molecule has 2 heterocycles. The first-order valence-electron chi connectivity index (χ1n) is 7.22. The minimum absolute atomic E-state index is 0.00303. The fourth-order valence-corrected chi connectivity index (χ4v) is 4.15. The Labute approximate surface area is 144 Å². The molecule has 0 aliphatic carbocycles. The van der Waals surface area contributed by atoms with Crippen LogP contribution < -0.4 is 0 Å². The number of aromatic nitrogens is 3.